The minimum absolute atomic E-state index is 0.372. The van der Waals surface area contributed by atoms with Crippen molar-refractivity contribution in [2.75, 3.05) is 0 Å². The molecule has 1 aromatic heterocycles. The Morgan fingerprint density at radius 1 is 1.33 bits per heavy atom. The third-order valence-corrected chi connectivity index (χ3v) is 2.63. The van der Waals surface area contributed by atoms with Crippen molar-refractivity contribution in [2.24, 2.45) is 5.73 Å². The maximum Gasteiger partial charge on any atom is 0.248 e. The zero-order valence-electron chi connectivity index (χ0n) is 6.28. The molecule has 0 aliphatic rings. The van der Waals surface area contributed by atoms with Gasteiger partial charge in [0.2, 0.25) is 5.91 Å². The van der Waals surface area contributed by atoms with Crippen LogP contribution in [0.2, 0.25) is 0 Å². The van der Waals surface area contributed by atoms with E-state index in [1.807, 2.05) is 23.6 Å². The van der Waals surface area contributed by atoms with Gasteiger partial charge in [0.25, 0.3) is 0 Å². The monoisotopic (exact) mass is 177 g/mol. The van der Waals surface area contributed by atoms with E-state index in [-0.39, 0.29) is 5.91 Å². The molecule has 2 nitrogen and oxygen atoms in total. The van der Waals surface area contributed by atoms with E-state index in [9.17, 15) is 4.79 Å². The number of hydrogen-bond donors (Lipinski definition) is 1. The largest absolute Gasteiger partial charge is 0.366 e. The summed E-state index contributed by atoms with van der Waals surface area (Å²) in [5, 5.41) is 3.08. The second-order valence-electron chi connectivity index (χ2n) is 2.54. The van der Waals surface area contributed by atoms with Crippen LogP contribution < -0.4 is 5.73 Å². The average Bonchev–Trinajstić information content (AvgIpc) is 2.49. The Kier molecular flexibility index (Phi) is 1.59. The molecule has 0 saturated carbocycles. The van der Waals surface area contributed by atoms with Crippen molar-refractivity contribution < 1.29 is 4.79 Å². The Morgan fingerprint density at radius 3 is 2.92 bits per heavy atom. The molecular formula is C9H7NOS. The van der Waals surface area contributed by atoms with Crippen LogP contribution in [0, 0.1) is 0 Å². The number of benzene rings is 1. The van der Waals surface area contributed by atoms with E-state index < -0.39 is 0 Å². The standard InChI is InChI=1S/C9H7NOS/c10-9(11)7-1-2-8-6(5-7)3-4-12-8/h1-5H,(H2,10,11). The van der Waals surface area contributed by atoms with E-state index >= 15 is 0 Å². The minimum Gasteiger partial charge on any atom is -0.366 e. The first-order valence-electron chi connectivity index (χ1n) is 3.54. The Morgan fingerprint density at radius 2 is 2.17 bits per heavy atom. The first-order valence-corrected chi connectivity index (χ1v) is 4.42. The van der Waals surface area contributed by atoms with E-state index in [1.54, 1.807) is 17.4 Å². The highest BCUT2D eigenvalue weighted by molar-refractivity contribution is 7.17. The van der Waals surface area contributed by atoms with Crippen LogP contribution in [-0.4, -0.2) is 5.91 Å². The summed E-state index contributed by atoms with van der Waals surface area (Å²) in [6, 6.07) is 7.46. The summed E-state index contributed by atoms with van der Waals surface area (Å²) < 4.78 is 1.18. The molecule has 0 spiro atoms. The molecule has 1 heterocycles. The third kappa shape index (κ3) is 1.08. The topological polar surface area (TPSA) is 43.1 Å². The summed E-state index contributed by atoms with van der Waals surface area (Å²) in [5.41, 5.74) is 5.71. The summed E-state index contributed by atoms with van der Waals surface area (Å²) in [6.07, 6.45) is 0. The highest BCUT2D eigenvalue weighted by atomic mass is 32.1. The predicted molar refractivity (Wildman–Crippen MR) is 50.3 cm³/mol. The molecule has 0 saturated heterocycles. The van der Waals surface area contributed by atoms with Crippen molar-refractivity contribution >= 4 is 27.3 Å². The molecule has 0 atom stereocenters. The van der Waals surface area contributed by atoms with Gasteiger partial charge in [0.15, 0.2) is 0 Å². The van der Waals surface area contributed by atoms with Crippen molar-refractivity contribution in [3.63, 3.8) is 0 Å². The van der Waals surface area contributed by atoms with Gasteiger partial charge in [-0.3, -0.25) is 4.79 Å². The van der Waals surface area contributed by atoms with Gasteiger partial charge in [-0.05, 0) is 35.0 Å². The number of amides is 1. The van der Waals surface area contributed by atoms with E-state index in [4.69, 9.17) is 5.73 Å². The number of rotatable bonds is 1. The molecule has 60 valence electrons. The first kappa shape index (κ1) is 7.31. The van der Waals surface area contributed by atoms with E-state index in [0.29, 0.717) is 5.56 Å². The molecular weight excluding hydrogens is 170 g/mol. The first-order chi connectivity index (χ1) is 5.77. The van der Waals surface area contributed by atoms with Crippen LogP contribution in [0.15, 0.2) is 29.6 Å². The molecule has 3 heteroatoms. The molecule has 0 bridgehead atoms. The minimum atomic E-state index is -0.372. The van der Waals surface area contributed by atoms with Gasteiger partial charge in [-0.2, -0.15) is 0 Å². The quantitative estimate of drug-likeness (QED) is 0.711. The van der Waals surface area contributed by atoms with Crippen LogP contribution in [0.4, 0.5) is 0 Å². The maximum absolute atomic E-state index is 10.8. The van der Waals surface area contributed by atoms with E-state index in [1.165, 1.54) is 4.70 Å². The van der Waals surface area contributed by atoms with Crippen LogP contribution in [0.3, 0.4) is 0 Å². The zero-order chi connectivity index (χ0) is 8.55. The van der Waals surface area contributed by atoms with Crippen LogP contribution in [0.5, 0.6) is 0 Å². The van der Waals surface area contributed by atoms with Gasteiger partial charge < -0.3 is 5.73 Å². The number of hydrogen-bond acceptors (Lipinski definition) is 2. The zero-order valence-corrected chi connectivity index (χ0v) is 7.10. The van der Waals surface area contributed by atoms with E-state index in [0.717, 1.165) is 5.39 Å². The molecule has 0 aliphatic heterocycles. The van der Waals surface area contributed by atoms with Crippen LogP contribution in [-0.2, 0) is 0 Å². The van der Waals surface area contributed by atoms with Gasteiger partial charge in [-0.25, -0.2) is 0 Å². The molecule has 1 amide bonds. The lowest BCUT2D eigenvalue weighted by Crippen LogP contribution is -2.10. The summed E-state index contributed by atoms with van der Waals surface area (Å²) >= 11 is 1.66. The molecule has 2 N–H and O–H groups in total. The highest BCUT2D eigenvalue weighted by Crippen LogP contribution is 2.21. The lowest BCUT2D eigenvalue weighted by Gasteiger charge is -1.93. The van der Waals surface area contributed by atoms with Crippen molar-refractivity contribution in [3.8, 4) is 0 Å². The number of thiophene rings is 1. The maximum atomic E-state index is 10.8. The van der Waals surface area contributed by atoms with Crippen molar-refractivity contribution in [1.29, 1.82) is 0 Å². The van der Waals surface area contributed by atoms with Gasteiger partial charge in [0.05, 0.1) is 0 Å². The molecule has 1 aromatic carbocycles. The summed E-state index contributed by atoms with van der Waals surface area (Å²) in [5.74, 6) is -0.372. The summed E-state index contributed by atoms with van der Waals surface area (Å²) in [7, 11) is 0. The van der Waals surface area contributed by atoms with Gasteiger partial charge in [-0.1, -0.05) is 0 Å². The molecule has 0 fully saturated rings. The number of carbonyl (C=O) groups is 1. The lowest BCUT2D eigenvalue weighted by molar-refractivity contribution is 0.100. The Balaban J connectivity index is 2.68. The fraction of sp³-hybridized carbons (Fsp3) is 0. The Hall–Kier alpha value is -1.35. The fourth-order valence-corrected chi connectivity index (χ4v) is 1.89. The average molecular weight is 177 g/mol. The molecule has 2 rings (SSSR count). The number of fused-ring (bicyclic) bond motifs is 1. The second kappa shape index (κ2) is 2.60. The lowest BCUT2D eigenvalue weighted by atomic mass is 10.1. The number of carbonyl (C=O) groups excluding carboxylic acids is 1. The Labute approximate surface area is 73.6 Å². The van der Waals surface area contributed by atoms with Crippen LogP contribution >= 0.6 is 11.3 Å². The molecule has 2 aromatic rings. The Bertz CT molecular complexity index is 433. The van der Waals surface area contributed by atoms with Crippen molar-refractivity contribution in [3.05, 3.63) is 35.2 Å². The smallest absolute Gasteiger partial charge is 0.248 e. The van der Waals surface area contributed by atoms with E-state index in [2.05, 4.69) is 0 Å². The molecule has 12 heavy (non-hydrogen) atoms. The fourth-order valence-electron chi connectivity index (χ4n) is 1.12. The highest BCUT2D eigenvalue weighted by Gasteiger charge is 2.01. The SMILES string of the molecule is NC(=O)c1ccc2sccc2c1. The molecule has 0 aliphatic carbocycles. The van der Waals surface area contributed by atoms with Gasteiger partial charge in [0, 0.05) is 10.3 Å². The third-order valence-electron chi connectivity index (χ3n) is 1.74. The van der Waals surface area contributed by atoms with Crippen LogP contribution in [0.25, 0.3) is 10.1 Å². The number of primary amides is 1. The van der Waals surface area contributed by atoms with Gasteiger partial charge in [0.1, 0.15) is 0 Å². The molecule has 0 unspecified atom stereocenters. The van der Waals surface area contributed by atoms with Gasteiger partial charge in [-0.15, -0.1) is 11.3 Å². The second-order valence-corrected chi connectivity index (χ2v) is 3.49. The molecule has 0 radical (unpaired) electrons. The number of nitrogens with two attached hydrogens (primary N) is 1. The normalized spacial score (nSPS) is 10.3. The van der Waals surface area contributed by atoms with Crippen molar-refractivity contribution in [2.45, 2.75) is 0 Å². The van der Waals surface area contributed by atoms with Crippen molar-refractivity contribution in [1.82, 2.24) is 0 Å². The van der Waals surface area contributed by atoms with Gasteiger partial charge >= 0.3 is 0 Å². The summed E-state index contributed by atoms with van der Waals surface area (Å²) in [6.45, 7) is 0. The van der Waals surface area contributed by atoms with Crippen LogP contribution in [0.1, 0.15) is 10.4 Å². The summed E-state index contributed by atoms with van der Waals surface area (Å²) in [4.78, 5) is 10.8. The predicted octanol–water partition coefficient (Wildman–Crippen LogP) is 2.00.